The van der Waals surface area contributed by atoms with Gasteiger partial charge in [0.2, 0.25) is 0 Å². The Hall–Kier alpha value is 0.130. The summed E-state index contributed by atoms with van der Waals surface area (Å²) in [5.74, 6) is -0.764. The average Bonchev–Trinajstić information content (AvgIpc) is 2.02. The lowest BCUT2D eigenvalue weighted by molar-refractivity contribution is -0.146. The van der Waals surface area contributed by atoms with Crippen molar-refractivity contribution in [3.8, 4) is 0 Å². The predicted molar refractivity (Wildman–Crippen MR) is 49.6 cm³/mol. The number of hydrogen-bond acceptors (Lipinski definition) is 2. The highest BCUT2D eigenvalue weighted by molar-refractivity contribution is 14.1. The van der Waals surface area contributed by atoms with Crippen LogP contribution >= 0.6 is 22.6 Å². The zero-order valence-corrected chi connectivity index (χ0v) is 8.80. The van der Waals surface area contributed by atoms with E-state index in [-0.39, 0.29) is 10.3 Å². The molecule has 0 aromatic rings. The minimum atomic E-state index is -1.46. The van der Waals surface area contributed by atoms with E-state index in [4.69, 9.17) is 0 Å². The SMILES string of the molecule is CCC(I)CC(F)C(=O)OC. The number of hydrogen-bond donors (Lipinski definition) is 0. The van der Waals surface area contributed by atoms with Gasteiger partial charge in [0, 0.05) is 10.3 Å². The number of halogens is 2. The predicted octanol–water partition coefficient (Wildman–Crippen LogP) is 2.10. The highest BCUT2D eigenvalue weighted by Gasteiger charge is 2.20. The first kappa shape index (κ1) is 11.1. The molecule has 2 atom stereocenters. The lowest BCUT2D eigenvalue weighted by Crippen LogP contribution is -2.20. The number of alkyl halides is 2. The number of esters is 1. The van der Waals surface area contributed by atoms with Crippen molar-refractivity contribution in [3.63, 3.8) is 0 Å². The van der Waals surface area contributed by atoms with Gasteiger partial charge in [-0.2, -0.15) is 0 Å². The van der Waals surface area contributed by atoms with E-state index in [1.807, 2.05) is 6.92 Å². The maximum absolute atomic E-state index is 12.8. The summed E-state index contributed by atoms with van der Waals surface area (Å²) in [5.41, 5.74) is 0. The van der Waals surface area contributed by atoms with Crippen molar-refractivity contribution >= 4 is 28.6 Å². The van der Waals surface area contributed by atoms with Gasteiger partial charge in [-0.15, -0.1) is 0 Å². The van der Waals surface area contributed by atoms with Crippen LogP contribution in [0.3, 0.4) is 0 Å². The van der Waals surface area contributed by atoms with Crippen LogP contribution in [0.2, 0.25) is 0 Å². The third-order valence-corrected chi connectivity index (χ3v) is 2.75. The number of methoxy groups -OCH3 is 1. The van der Waals surface area contributed by atoms with E-state index in [2.05, 4.69) is 27.3 Å². The van der Waals surface area contributed by atoms with Gasteiger partial charge in [-0.3, -0.25) is 0 Å². The Morgan fingerprint density at radius 3 is 2.64 bits per heavy atom. The molecule has 0 N–H and O–H groups in total. The zero-order chi connectivity index (χ0) is 8.85. The molecule has 11 heavy (non-hydrogen) atoms. The highest BCUT2D eigenvalue weighted by Crippen LogP contribution is 2.15. The number of carbonyl (C=O) groups is 1. The highest BCUT2D eigenvalue weighted by atomic mass is 127. The lowest BCUT2D eigenvalue weighted by atomic mass is 10.2. The van der Waals surface area contributed by atoms with Gasteiger partial charge in [0.1, 0.15) is 0 Å². The van der Waals surface area contributed by atoms with Crippen LogP contribution in [0, 0.1) is 0 Å². The van der Waals surface area contributed by atoms with Crippen LogP contribution in [0.1, 0.15) is 19.8 Å². The first-order valence-corrected chi connectivity index (χ1v) is 4.72. The van der Waals surface area contributed by atoms with Crippen molar-refractivity contribution in [1.29, 1.82) is 0 Å². The minimum Gasteiger partial charge on any atom is -0.467 e. The van der Waals surface area contributed by atoms with Gasteiger partial charge in [0.15, 0.2) is 6.17 Å². The summed E-state index contributed by atoms with van der Waals surface area (Å²) in [5, 5.41) is 0. The van der Waals surface area contributed by atoms with E-state index in [9.17, 15) is 9.18 Å². The molecule has 0 aromatic heterocycles. The van der Waals surface area contributed by atoms with Gasteiger partial charge >= 0.3 is 5.97 Å². The first-order valence-electron chi connectivity index (χ1n) is 3.47. The summed E-state index contributed by atoms with van der Waals surface area (Å²) in [6.45, 7) is 1.96. The molecule has 0 spiro atoms. The fourth-order valence-electron chi connectivity index (χ4n) is 0.615. The smallest absolute Gasteiger partial charge is 0.340 e. The molecule has 0 saturated carbocycles. The number of ether oxygens (including phenoxy) is 1. The maximum Gasteiger partial charge on any atom is 0.340 e. The Kier molecular flexibility index (Phi) is 5.81. The lowest BCUT2D eigenvalue weighted by Gasteiger charge is -2.08. The minimum absolute atomic E-state index is 0.210. The van der Waals surface area contributed by atoms with Crippen LogP contribution < -0.4 is 0 Å². The van der Waals surface area contributed by atoms with Gasteiger partial charge in [-0.25, -0.2) is 9.18 Å². The van der Waals surface area contributed by atoms with Crippen LogP contribution in [-0.2, 0) is 9.53 Å². The van der Waals surface area contributed by atoms with E-state index >= 15 is 0 Å². The fourth-order valence-corrected chi connectivity index (χ4v) is 1.06. The van der Waals surface area contributed by atoms with E-state index in [0.29, 0.717) is 0 Å². The van der Waals surface area contributed by atoms with Gasteiger partial charge in [-0.05, 0) is 6.42 Å². The Labute approximate surface area is 79.6 Å². The van der Waals surface area contributed by atoms with Crippen LogP contribution in [0.4, 0.5) is 4.39 Å². The molecule has 0 fully saturated rings. The molecule has 2 unspecified atom stereocenters. The molecule has 0 aliphatic rings. The van der Waals surface area contributed by atoms with Gasteiger partial charge in [-0.1, -0.05) is 29.5 Å². The maximum atomic E-state index is 12.8. The van der Waals surface area contributed by atoms with Crippen molar-refractivity contribution < 1.29 is 13.9 Å². The van der Waals surface area contributed by atoms with E-state index in [1.165, 1.54) is 7.11 Å². The van der Waals surface area contributed by atoms with Crippen LogP contribution in [0.15, 0.2) is 0 Å². The second-order valence-corrected chi connectivity index (χ2v) is 3.99. The standard InChI is InChI=1S/C7H12FIO2/c1-3-5(9)4-6(8)7(10)11-2/h5-6H,3-4H2,1-2H3. The molecular formula is C7H12FIO2. The summed E-state index contributed by atoms with van der Waals surface area (Å²) in [4.78, 5) is 10.6. The average molecular weight is 274 g/mol. The number of rotatable bonds is 4. The molecule has 0 bridgehead atoms. The molecule has 0 amide bonds. The normalized spacial score (nSPS) is 15.6. The Balaban J connectivity index is 3.67. The summed E-state index contributed by atoms with van der Waals surface area (Å²) in [6, 6.07) is 0. The quantitative estimate of drug-likeness (QED) is 0.446. The van der Waals surface area contributed by atoms with E-state index in [1.54, 1.807) is 0 Å². The largest absolute Gasteiger partial charge is 0.467 e. The molecule has 2 nitrogen and oxygen atoms in total. The van der Waals surface area contributed by atoms with Crippen molar-refractivity contribution in [2.75, 3.05) is 7.11 Å². The van der Waals surface area contributed by atoms with Crippen LogP contribution in [-0.4, -0.2) is 23.2 Å². The molecule has 0 radical (unpaired) electrons. The van der Waals surface area contributed by atoms with E-state index in [0.717, 1.165) is 6.42 Å². The summed E-state index contributed by atoms with van der Waals surface area (Å²) >= 11 is 2.12. The molecule has 0 heterocycles. The number of carbonyl (C=O) groups excluding carboxylic acids is 1. The van der Waals surface area contributed by atoms with Crippen LogP contribution in [0.25, 0.3) is 0 Å². The molecule has 4 heteroatoms. The molecule has 0 aliphatic carbocycles. The second-order valence-electron chi connectivity index (χ2n) is 2.23. The summed E-state index contributed by atoms with van der Waals surface area (Å²) in [6.07, 6.45) is -0.330. The molecule has 0 rings (SSSR count). The Morgan fingerprint density at radius 1 is 1.73 bits per heavy atom. The van der Waals surface area contributed by atoms with Gasteiger partial charge in [0.25, 0.3) is 0 Å². The monoisotopic (exact) mass is 274 g/mol. The van der Waals surface area contributed by atoms with Crippen molar-refractivity contribution in [2.24, 2.45) is 0 Å². The van der Waals surface area contributed by atoms with Crippen molar-refractivity contribution in [1.82, 2.24) is 0 Å². The molecule has 0 aliphatic heterocycles. The van der Waals surface area contributed by atoms with Crippen molar-refractivity contribution in [2.45, 2.75) is 29.9 Å². The van der Waals surface area contributed by atoms with Gasteiger partial charge in [0.05, 0.1) is 7.11 Å². The van der Waals surface area contributed by atoms with Gasteiger partial charge < -0.3 is 4.74 Å². The Bertz CT molecular complexity index is 130. The third kappa shape index (κ3) is 4.55. The van der Waals surface area contributed by atoms with Crippen LogP contribution in [0.5, 0.6) is 0 Å². The van der Waals surface area contributed by atoms with Crippen molar-refractivity contribution in [3.05, 3.63) is 0 Å². The molecule has 0 aromatic carbocycles. The second kappa shape index (κ2) is 5.74. The molecule has 66 valence electrons. The third-order valence-electron chi connectivity index (χ3n) is 1.36. The zero-order valence-electron chi connectivity index (χ0n) is 6.64. The fraction of sp³-hybridized carbons (Fsp3) is 0.857. The Morgan fingerprint density at radius 2 is 2.27 bits per heavy atom. The molecular weight excluding hydrogens is 262 g/mol. The topological polar surface area (TPSA) is 26.3 Å². The summed E-state index contributed by atoms with van der Waals surface area (Å²) < 4.78 is 17.2. The van der Waals surface area contributed by atoms with E-state index < -0.39 is 12.1 Å². The first-order chi connectivity index (χ1) is 5.11. The summed E-state index contributed by atoms with van der Waals surface area (Å²) in [7, 11) is 1.20. The molecule has 0 saturated heterocycles.